The molecule has 6 heteroatoms. The van der Waals surface area contributed by atoms with Gasteiger partial charge in [-0.05, 0) is 26.1 Å². The van der Waals surface area contributed by atoms with Crippen LogP contribution in [0.5, 0.6) is 0 Å². The number of morpholine rings is 1. The number of esters is 1. The number of furan rings is 1. The molecular formula is C15H22N2O4. The Morgan fingerprint density at radius 2 is 2.24 bits per heavy atom. The second-order valence-electron chi connectivity index (χ2n) is 5.78. The van der Waals surface area contributed by atoms with Crippen molar-refractivity contribution in [1.82, 2.24) is 9.80 Å². The molecule has 0 N–H and O–H groups in total. The quantitative estimate of drug-likeness (QED) is 0.779. The fourth-order valence-electron chi connectivity index (χ4n) is 3.17. The summed E-state index contributed by atoms with van der Waals surface area (Å²) >= 11 is 0. The Morgan fingerprint density at radius 3 is 2.95 bits per heavy atom. The minimum Gasteiger partial charge on any atom is -0.463 e. The first-order valence-electron chi connectivity index (χ1n) is 7.34. The van der Waals surface area contributed by atoms with E-state index in [1.165, 1.54) is 7.11 Å². The number of fused-ring (bicyclic) bond motifs is 1. The maximum atomic E-state index is 11.5. The summed E-state index contributed by atoms with van der Waals surface area (Å²) in [6, 6.07) is 4.08. The number of carbonyl (C=O) groups excluding carboxylic acids is 1. The molecule has 6 nitrogen and oxygen atoms in total. The minimum absolute atomic E-state index is 0.117. The van der Waals surface area contributed by atoms with E-state index in [4.69, 9.17) is 9.15 Å². The Labute approximate surface area is 124 Å². The monoisotopic (exact) mass is 294 g/mol. The molecule has 3 rings (SSSR count). The Kier molecular flexibility index (Phi) is 4.01. The topological polar surface area (TPSA) is 55.1 Å². The third-order valence-corrected chi connectivity index (χ3v) is 4.58. The summed E-state index contributed by atoms with van der Waals surface area (Å²) in [5.74, 6) is 0.604. The smallest absolute Gasteiger partial charge is 0.373 e. The van der Waals surface area contributed by atoms with Crippen LogP contribution in [0.15, 0.2) is 16.5 Å². The van der Waals surface area contributed by atoms with Gasteiger partial charge < -0.3 is 13.9 Å². The molecule has 0 unspecified atom stereocenters. The molecule has 21 heavy (non-hydrogen) atoms. The molecule has 0 saturated carbocycles. The van der Waals surface area contributed by atoms with Crippen LogP contribution in [0, 0.1) is 0 Å². The normalized spacial score (nSPS) is 28.3. The largest absolute Gasteiger partial charge is 0.463 e. The molecule has 116 valence electrons. The standard InChI is InChI=1S/C15H22N2O4/c1-10(12-4-5-13(21-12)15(18)19-3)17-8-11-14(9-17)20-7-6-16(11)2/h4-5,10-11,14H,6-9H2,1-3H3/t10-,11-,14+/m0/s1. The van der Waals surface area contributed by atoms with E-state index >= 15 is 0 Å². The molecule has 2 aliphatic heterocycles. The van der Waals surface area contributed by atoms with E-state index in [2.05, 4.69) is 28.5 Å². The highest BCUT2D eigenvalue weighted by molar-refractivity contribution is 5.86. The lowest BCUT2D eigenvalue weighted by Gasteiger charge is -2.33. The van der Waals surface area contributed by atoms with Crippen LogP contribution in [0.25, 0.3) is 0 Å². The van der Waals surface area contributed by atoms with Crippen LogP contribution in [0.1, 0.15) is 29.3 Å². The molecule has 3 atom stereocenters. The third kappa shape index (κ3) is 2.71. The molecular weight excluding hydrogens is 272 g/mol. The van der Waals surface area contributed by atoms with Crippen LogP contribution < -0.4 is 0 Å². The van der Waals surface area contributed by atoms with E-state index in [1.54, 1.807) is 6.07 Å². The zero-order chi connectivity index (χ0) is 15.0. The maximum Gasteiger partial charge on any atom is 0.373 e. The van der Waals surface area contributed by atoms with Gasteiger partial charge >= 0.3 is 5.97 Å². The predicted molar refractivity (Wildman–Crippen MR) is 76.2 cm³/mol. The first kappa shape index (κ1) is 14.6. The summed E-state index contributed by atoms with van der Waals surface area (Å²) in [4.78, 5) is 16.2. The van der Waals surface area contributed by atoms with Crippen LogP contribution >= 0.6 is 0 Å². The second-order valence-corrected chi connectivity index (χ2v) is 5.78. The number of nitrogens with zero attached hydrogens (tertiary/aromatic N) is 2. The van der Waals surface area contributed by atoms with Crippen molar-refractivity contribution in [2.24, 2.45) is 0 Å². The highest BCUT2D eigenvalue weighted by atomic mass is 16.5. The fourth-order valence-corrected chi connectivity index (χ4v) is 3.17. The molecule has 0 bridgehead atoms. The summed E-state index contributed by atoms with van der Waals surface area (Å²) < 4.78 is 16.2. The molecule has 0 amide bonds. The van der Waals surface area contributed by atoms with E-state index in [0.717, 1.165) is 32.0 Å². The van der Waals surface area contributed by atoms with Gasteiger partial charge in [-0.1, -0.05) is 0 Å². The number of hydrogen-bond donors (Lipinski definition) is 0. The minimum atomic E-state index is -0.438. The molecule has 0 aromatic carbocycles. The number of likely N-dealkylation sites (N-methyl/N-ethyl adjacent to an activating group) is 1. The van der Waals surface area contributed by atoms with Gasteiger partial charge in [0, 0.05) is 25.7 Å². The van der Waals surface area contributed by atoms with Gasteiger partial charge in [0.05, 0.1) is 25.9 Å². The van der Waals surface area contributed by atoms with Gasteiger partial charge in [0.2, 0.25) is 5.76 Å². The maximum absolute atomic E-state index is 11.5. The van der Waals surface area contributed by atoms with Gasteiger partial charge in [-0.3, -0.25) is 9.80 Å². The lowest BCUT2D eigenvalue weighted by Crippen LogP contribution is -2.48. The van der Waals surface area contributed by atoms with Crippen molar-refractivity contribution in [3.63, 3.8) is 0 Å². The lowest BCUT2D eigenvalue weighted by molar-refractivity contribution is -0.0372. The Balaban J connectivity index is 1.70. The molecule has 0 spiro atoms. The first-order valence-corrected chi connectivity index (χ1v) is 7.34. The van der Waals surface area contributed by atoms with E-state index in [0.29, 0.717) is 6.04 Å². The van der Waals surface area contributed by atoms with Crippen LogP contribution in [0.4, 0.5) is 0 Å². The Hall–Kier alpha value is -1.37. The van der Waals surface area contributed by atoms with E-state index in [9.17, 15) is 4.79 Å². The average Bonchev–Trinajstić information content (AvgIpc) is 3.13. The summed E-state index contributed by atoms with van der Waals surface area (Å²) in [6.07, 6.45) is 0.265. The lowest BCUT2D eigenvalue weighted by atomic mass is 10.1. The summed E-state index contributed by atoms with van der Waals surface area (Å²) in [5.41, 5.74) is 0. The molecule has 0 aliphatic carbocycles. The molecule has 0 radical (unpaired) electrons. The van der Waals surface area contributed by atoms with Crippen molar-refractivity contribution in [2.75, 3.05) is 40.4 Å². The zero-order valence-electron chi connectivity index (χ0n) is 12.7. The van der Waals surface area contributed by atoms with E-state index in [-0.39, 0.29) is 17.9 Å². The number of ether oxygens (including phenoxy) is 2. The summed E-state index contributed by atoms with van der Waals surface area (Å²) in [7, 11) is 3.50. The molecule has 3 heterocycles. The van der Waals surface area contributed by atoms with Crippen molar-refractivity contribution in [3.05, 3.63) is 23.7 Å². The van der Waals surface area contributed by atoms with Crippen molar-refractivity contribution in [3.8, 4) is 0 Å². The fraction of sp³-hybridized carbons (Fsp3) is 0.667. The Morgan fingerprint density at radius 1 is 1.43 bits per heavy atom. The number of carbonyl (C=O) groups is 1. The van der Waals surface area contributed by atoms with Crippen LogP contribution in [0.3, 0.4) is 0 Å². The second kappa shape index (κ2) is 5.79. The zero-order valence-corrected chi connectivity index (χ0v) is 12.7. The number of rotatable bonds is 3. The van der Waals surface area contributed by atoms with Gasteiger partial charge in [-0.15, -0.1) is 0 Å². The van der Waals surface area contributed by atoms with Gasteiger partial charge in [-0.25, -0.2) is 4.79 Å². The van der Waals surface area contributed by atoms with Gasteiger partial charge in [0.25, 0.3) is 0 Å². The molecule has 2 saturated heterocycles. The number of likely N-dealkylation sites (tertiary alicyclic amines) is 1. The van der Waals surface area contributed by atoms with Crippen LogP contribution in [-0.4, -0.2) is 68.3 Å². The van der Waals surface area contributed by atoms with E-state index in [1.807, 2.05) is 6.07 Å². The van der Waals surface area contributed by atoms with Crippen molar-refractivity contribution < 1.29 is 18.7 Å². The third-order valence-electron chi connectivity index (χ3n) is 4.58. The molecule has 2 aliphatic rings. The van der Waals surface area contributed by atoms with Crippen LogP contribution in [0.2, 0.25) is 0 Å². The molecule has 1 aromatic rings. The average molecular weight is 294 g/mol. The highest BCUT2D eigenvalue weighted by Crippen LogP contribution is 2.30. The van der Waals surface area contributed by atoms with Gasteiger partial charge in [0.15, 0.2) is 0 Å². The van der Waals surface area contributed by atoms with Gasteiger partial charge in [-0.2, -0.15) is 0 Å². The van der Waals surface area contributed by atoms with E-state index < -0.39 is 5.97 Å². The summed E-state index contributed by atoms with van der Waals surface area (Å²) in [5, 5.41) is 0. The van der Waals surface area contributed by atoms with Crippen molar-refractivity contribution in [2.45, 2.75) is 25.1 Å². The predicted octanol–water partition coefficient (Wildman–Crippen LogP) is 1.14. The molecule has 1 aromatic heterocycles. The molecule has 2 fully saturated rings. The van der Waals surface area contributed by atoms with Crippen LogP contribution in [-0.2, 0) is 9.47 Å². The first-order chi connectivity index (χ1) is 10.1. The summed E-state index contributed by atoms with van der Waals surface area (Å²) in [6.45, 7) is 5.72. The van der Waals surface area contributed by atoms with Gasteiger partial charge in [0.1, 0.15) is 5.76 Å². The Bertz CT molecular complexity index is 516. The SMILES string of the molecule is COC(=O)c1ccc([C@H](C)N2C[C@H]3OCCN(C)[C@H]3C2)o1. The van der Waals surface area contributed by atoms with Crippen molar-refractivity contribution >= 4 is 5.97 Å². The van der Waals surface area contributed by atoms with Crippen molar-refractivity contribution in [1.29, 1.82) is 0 Å². The number of hydrogen-bond acceptors (Lipinski definition) is 6. The highest BCUT2D eigenvalue weighted by Gasteiger charge is 2.40. The number of methoxy groups -OCH3 is 1.